The minimum atomic E-state index is -0.421. The number of methoxy groups -OCH3 is 1. The van der Waals surface area contributed by atoms with Crippen LogP contribution >= 0.6 is 0 Å². The molecule has 1 aliphatic heterocycles. The summed E-state index contributed by atoms with van der Waals surface area (Å²) in [6, 6.07) is 13.4. The van der Waals surface area contributed by atoms with Crippen molar-refractivity contribution in [2.24, 2.45) is 0 Å². The number of ether oxygens (including phenoxy) is 1. The maximum absolute atomic E-state index is 13.3. The van der Waals surface area contributed by atoms with Crippen LogP contribution in [-0.2, 0) is 6.42 Å². The van der Waals surface area contributed by atoms with Gasteiger partial charge >= 0.3 is 0 Å². The van der Waals surface area contributed by atoms with Crippen LogP contribution in [0.15, 0.2) is 53.1 Å². The highest BCUT2D eigenvalue weighted by Gasteiger charge is 2.36. The molecule has 0 saturated carbocycles. The molecule has 6 nitrogen and oxygen atoms in total. The summed E-state index contributed by atoms with van der Waals surface area (Å²) in [5.74, 6) is 1.25. The maximum Gasteiger partial charge on any atom is 0.254 e. The molecule has 2 aromatic carbocycles. The predicted molar refractivity (Wildman–Crippen MR) is 95.1 cm³/mol. The fourth-order valence-corrected chi connectivity index (χ4v) is 3.13. The van der Waals surface area contributed by atoms with Gasteiger partial charge in [-0.15, -0.1) is 0 Å². The number of para-hydroxylation sites is 1. The molecule has 3 aromatic rings. The van der Waals surface area contributed by atoms with Gasteiger partial charge in [-0.25, -0.2) is 4.39 Å². The fourth-order valence-electron chi connectivity index (χ4n) is 3.13. The molecule has 0 bridgehead atoms. The lowest BCUT2D eigenvalue weighted by atomic mass is 9.98. The van der Waals surface area contributed by atoms with Crippen molar-refractivity contribution in [1.82, 2.24) is 15.0 Å². The Morgan fingerprint density at radius 2 is 2.07 bits per heavy atom. The number of halogens is 1. The van der Waals surface area contributed by atoms with E-state index >= 15 is 0 Å². The van der Waals surface area contributed by atoms with Crippen LogP contribution in [0.25, 0.3) is 0 Å². The van der Waals surface area contributed by atoms with E-state index < -0.39 is 5.82 Å². The Hall–Kier alpha value is -3.22. The van der Waals surface area contributed by atoms with E-state index in [9.17, 15) is 9.18 Å². The van der Waals surface area contributed by atoms with Gasteiger partial charge in [0.1, 0.15) is 11.6 Å². The summed E-state index contributed by atoms with van der Waals surface area (Å²) in [6.45, 7) is 0.956. The molecule has 4 rings (SSSR count). The number of aromatic nitrogens is 2. The third kappa shape index (κ3) is 3.53. The van der Waals surface area contributed by atoms with E-state index in [1.807, 2.05) is 24.3 Å². The minimum absolute atomic E-state index is 0.00132. The molecule has 1 aromatic heterocycles. The fraction of sp³-hybridized carbons (Fsp3) is 0.250. The molecule has 0 radical (unpaired) electrons. The first-order valence-electron chi connectivity index (χ1n) is 8.63. The van der Waals surface area contributed by atoms with Crippen LogP contribution < -0.4 is 4.74 Å². The molecule has 0 unspecified atom stereocenters. The molecule has 27 heavy (non-hydrogen) atoms. The number of likely N-dealkylation sites (tertiary alicyclic amines) is 1. The largest absolute Gasteiger partial charge is 0.496 e. The molecule has 0 atom stereocenters. The summed E-state index contributed by atoms with van der Waals surface area (Å²) in [5, 5.41) is 4.03. The lowest BCUT2D eigenvalue weighted by Crippen LogP contribution is -2.48. The Bertz CT molecular complexity index is 966. The van der Waals surface area contributed by atoms with Crippen LogP contribution in [0.2, 0.25) is 0 Å². The quantitative estimate of drug-likeness (QED) is 0.693. The number of nitrogens with zero attached hydrogens (tertiary/aromatic N) is 3. The van der Waals surface area contributed by atoms with Crippen molar-refractivity contribution in [1.29, 1.82) is 0 Å². The topological polar surface area (TPSA) is 68.5 Å². The molecular weight excluding hydrogens is 349 g/mol. The number of benzene rings is 2. The Labute approximate surface area is 155 Å². The van der Waals surface area contributed by atoms with Gasteiger partial charge in [0.15, 0.2) is 5.82 Å². The zero-order valence-corrected chi connectivity index (χ0v) is 14.8. The van der Waals surface area contributed by atoms with Gasteiger partial charge in [0.2, 0.25) is 5.89 Å². The second-order valence-corrected chi connectivity index (χ2v) is 6.45. The van der Waals surface area contributed by atoms with Gasteiger partial charge in [-0.2, -0.15) is 4.98 Å². The van der Waals surface area contributed by atoms with E-state index in [0.29, 0.717) is 36.8 Å². The van der Waals surface area contributed by atoms with Crippen LogP contribution in [0.3, 0.4) is 0 Å². The summed E-state index contributed by atoms with van der Waals surface area (Å²) < 4.78 is 24.0. The number of carbonyl (C=O) groups is 1. The Morgan fingerprint density at radius 3 is 2.85 bits per heavy atom. The third-order valence-corrected chi connectivity index (χ3v) is 4.61. The van der Waals surface area contributed by atoms with Crippen molar-refractivity contribution in [2.75, 3.05) is 20.2 Å². The van der Waals surface area contributed by atoms with Gasteiger partial charge in [0.05, 0.1) is 13.0 Å². The lowest BCUT2D eigenvalue weighted by molar-refractivity contribution is 0.0568. The van der Waals surface area contributed by atoms with Gasteiger partial charge in [-0.05, 0) is 24.3 Å². The molecule has 1 amide bonds. The number of hydrogen-bond donors (Lipinski definition) is 0. The van der Waals surface area contributed by atoms with E-state index in [-0.39, 0.29) is 11.8 Å². The Morgan fingerprint density at radius 1 is 1.26 bits per heavy atom. The second kappa shape index (κ2) is 7.19. The third-order valence-electron chi connectivity index (χ3n) is 4.61. The molecule has 0 aliphatic carbocycles. The zero-order chi connectivity index (χ0) is 18.8. The van der Waals surface area contributed by atoms with Crippen molar-refractivity contribution >= 4 is 5.91 Å². The highest BCUT2D eigenvalue weighted by atomic mass is 19.1. The molecule has 1 fully saturated rings. The summed E-state index contributed by atoms with van der Waals surface area (Å²) >= 11 is 0. The average Bonchev–Trinajstić information content (AvgIpc) is 3.09. The zero-order valence-electron chi connectivity index (χ0n) is 14.8. The standard InChI is InChI=1S/C20H18FN3O3/c1-26-17-8-3-2-5-13(17)10-18-22-19(27-23-18)15-11-24(12-15)20(25)14-6-4-7-16(21)9-14/h2-9,15H,10-12H2,1H3. The smallest absolute Gasteiger partial charge is 0.254 e. The van der Waals surface area contributed by atoms with Crippen LogP contribution in [0, 0.1) is 5.82 Å². The molecule has 1 aliphatic rings. The normalized spacial score (nSPS) is 14.1. The highest BCUT2D eigenvalue weighted by Crippen LogP contribution is 2.28. The summed E-state index contributed by atoms with van der Waals surface area (Å²) in [6.07, 6.45) is 0.506. The first-order chi connectivity index (χ1) is 13.1. The molecular formula is C20H18FN3O3. The van der Waals surface area contributed by atoms with Gasteiger partial charge in [-0.3, -0.25) is 4.79 Å². The van der Waals surface area contributed by atoms with E-state index in [2.05, 4.69) is 10.1 Å². The number of amides is 1. The number of rotatable bonds is 5. The summed E-state index contributed by atoms with van der Waals surface area (Å²) in [5.41, 5.74) is 1.32. The average molecular weight is 367 g/mol. The van der Waals surface area contributed by atoms with E-state index in [1.165, 1.54) is 18.2 Å². The number of carbonyl (C=O) groups excluding carboxylic acids is 1. The molecule has 1 saturated heterocycles. The van der Waals surface area contributed by atoms with Crippen molar-refractivity contribution in [2.45, 2.75) is 12.3 Å². The van der Waals surface area contributed by atoms with Crippen molar-refractivity contribution in [3.05, 3.63) is 77.2 Å². The first-order valence-corrected chi connectivity index (χ1v) is 8.63. The van der Waals surface area contributed by atoms with Crippen LogP contribution in [-0.4, -0.2) is 41.1 Å². The lowest BCUT2D eigenvalue weighted by Gasteiger charge is -2.37. The Kier molecular flexibility index (Phi) is 4.58. The second-order valence-electron chi connectivity index (χ2n) is 6.45. The minimum Gasteiger partial charge on any atom is -0.496 e. The Balaban J connectivity index is 1.38. The van der Waals surface area contributed by atoms with E-state index in [0.717, 1.165) is 11.3 Å². The first kappa shape index (κ1) is 17.2. The molecule has 2 heterocycles. The number of hydrogen-bond acceptors (Lipinski definition) is 5. The van der Waals surface area contributed by atoms with Gasteiger partial charge in [-0.1, -0.05) is 29.4 Å². The van der Waals surface area contributed by atoms with E-state index in [4.69, 9.17) is 9.26 Å². The highest BCUT2D eigenvalue weighted by molar-refractivity contribution is 5.94. The predicted octanol–water partition coefficient (Wildman–Crippen LogP) is 3.05. The van der Waals surface area contributed by atoms with Crippen molar-refractivity contribution in [3.8, 4) is 5.75 Å². The van der Waals surface area contributed by atoms with Crippen LogP contribution in [0.5, 0.6) is 5.75 Å². The molecule has 0 spiro atoms. The molecule has 7 heteroatoms. The summed E-state index contributed by atoms with van der Waals surface area (Å²) in [7, 11) is 1.62. The molecule has 0 N–H and O–H groups in total. The van der Waals surface area contributed by atoms with Gasteiger partial charge < -0.3 is 14.2 Å². The van der Waals surface area contributed by atoms with Crippen molar-refractivity contribution in [3.63, 3.8) is 0 Å². The van der Waals surface area contributed by atoms with Crippen LogP contribution in [0.4, 0.5) is 4.39 Å². The van der Waals surface area contributed by atoms with Crippen LogP contribution in [0.1, 0.15) is 33.6 Å². The van der Waals surface area contributed by atoms with Gasteiger partial charge in [0, 0.05) is 30.6 Å². The molecule has 138 valence electrons. The summed E-state index contributed by atoms with van der Waals surface area (Å²) in [4.78, 5) is 18.4. The SMILES string of the molecule is COc1ccccc1Cc1noc(C2CN(C(=O)c3cccc(F)c3)C2)n1. The van der Waals surface area contributed by atoms with Crippen molar-refractivity contribution < 1.29 is 18.4 Å². The van der Waals surface area contributed by atoms with E-state index in [1.54, 1.807) is 18.1 Å². The monoisotopic (exact) mass is 367 g/mol. The van der Waals surface area contributed by atoms with Gasteiger partial charge in [0.25, 0.3) is 5.91 Å². The maximum atomic E-state index is 13.3.